The van der Waals surface area contributed by atoms with E-state index in [0.717, 1.165) is 11.4 Å². The summed E-state index contributed by atoms with van der Waals surface area (Å²) in [5, 5.41) is 18.3. The van der Waals surface area contributed by atoms with E-state index in [9.17, 15) is 14.7 Å². The molecule has 24 heavy (non-hydrogen) atoms. The maximum atomic E-state index is 11.5. The van der Waals surface area contributed by atoms with Gasteiger partial charge in [-0.1, -0.05) is 13.8 Å². The van der Waals surface area contributed by atoms with Crippen LogP contribution in [0.4, 0.5) is 0 Å². The summed E-state index contributed by atoms with van der Waals surface area (Å²) >= 11 is 1.54. The second-order valence-electron chi connectivity index (χ2n) is 6.23. The average Bonchev–Trinajstić information content (AvgIpc) is 3.06. The van der Waals surface area contributed by atoms with Crippen LogP contribution in [0.25, 0.3) is 0 Å². The number of aromatic nitrogens is 1. The summed E-state index contributed by atoms with van der Waals surface area (Å²) in [6.07, 6.45) is 3.04. The Bertz CT molecular complexity index is 528. The third kappa shape index (κ3) is 5.88. The molecular weight excluding hydrogens is 373 g/mol. The number of rotatable bonds is 6. The van der Waals surface area contributed by atoms with E-state index in [2.05, 4.69) is 29.5 Å². The minimum atomic E-state index is -0.852. The molecule has 2 heterocycles. The zero-order valence-electron chi connectivity index (χ0n) is 13.9. The van der Waals surface area contributed by atoms with Gasteiger partial charge >= 0.3 is 5.97 Å². The fraction of sp³-hybridized carbons (Fsp3) is 0.667. The molecular formula is C15H25Cl2N3O3S. The van der Waals surface area contributed by atoms with Gasteiger partial charge in [0.15, 0.2) is 0 Å². The molecule has 1 fully saturated rings. The zero-order valence-corrected chi connectivity index (χ0v) is 16.3. The van der Waals surface area contributed by atoms with Crippen LogP contribution < -0.4 is 10.6 Å². The highest BCUT2D eigenvalue weighted by molar-refractivity contribution is 7.09. The average molecular weight is 398 g/mol. The molecule has 0 spiro atoms. The Balaban J connectivity index is 0.00000264. The van der Waals surface area contributed by atoms with Gasteiger partial charge in [-0.2, -0.15) is 0 Å². The smallest absolute Gasteiger partial charge is 0.320 e. The van der Waals surface area contributed by atoms with Gasteiger partial charge in [-0.3, -0.25) is 14.9 Å². The van der Waals surface area contributed by atoms with E-state index in [0.29, 0.717) is 12.3 Å². The Labute approximate surface area is 158 Å². The molecule has 2 rings (SSSR count). The highest BCUT2D eigenvalue weighted by Crippen LogP contribution is 2.35. The molecule has 0 bridgehead atoms. The maximum absolute atomic E-state index is 11.5. The Morgan fingerprint density at radius 1 is 1.46 bits per heavy atom. The van der Waals surface area contributed by atoms with Crippen molar-refractivity contribution in [3.05, 3.63) is 16.6 Å². The van der Waals surface area contributed by atoms with Gasteiger partial charge in [-0.25, -0.2) is 4.98 Å². The molecule has 1 aromatic rings. The monoisotopic (exact) mass is 397 g/mol. The van der Waals surface area contributed by atoms with E-state index < -0.39 is 12.0 Å². The van der Waals surface area contributed by atoms with E-state index in [1.165, 1.54) is 18.3 Å². The summed E-state index contributed by atoms with van der Waals surface area (Å²) in [4.78, 5) is 27.3. The highest BCUT2D eigenvalue weighted by Gasteiger charge is 2.43. The normalized spacial score (nSPS) is 23.9. The van der Waals surface area contributed by atoms with Crippen molar-refractivity contribution in [3.63, 3.8) is 0 Å². The number of carbonyl (C=O) groups excluding carboxylic acids is 1. The summed E-state index contributed by atoms with van der Waals surface area (Å²) in [6, 6.07) is -0.809. The lowest BCUT2D eigenvalue weighted by Gasteiger charge is -2.30. The number of carboxylic acid groups (broad SMARTS) is 1. The Morgan fingerprint density at radius 3 is 2.58 bits per heavy atom. The number of hydrogen-bond donors (Lipinski definition) is 3. The van der Waals surface area contributed by atoms with Gasteiger partial charge in [0.05, 0.1) is 5.01 Å². The molecule has 6 nitrogen and oxygen atoms in total. The van der Waals surface area contributed by atoms with Crippen LogP contribution in [0.2, 0.25) is 0 Å². The zero-order chi connectivity index (χ0) is 16.3. The van der Waals surface area contributed by atoms with Crippen molar-refractivity contribution in [2.75, 3.05) is 0 Å². The molecule has 138 valence electrons. The number of nitrogens with one attached hydrogen (secondary N) is 2. The van der Waals surface area contributed by atoms with Crippen LogP contribution in [0.3, 0.4) is 0 Å². The number of thiazole rings is 1. The molecule has 3 N–H and O–H groups in total. The second-order valence-corrected chi connectivity index (χ2v) is 7.16. The van der Waals surface area contributed by atoms with Crippen LogP contribution in [-0.4, -0.2) is 40.1 Å². The number of amides is 1. The number of hydrogen-bond acceptors (Lipinski definition) is 5. The van der Waals surface area contributed by atoms with Gasteiger partial charge in [0.1, 0.15) is 6.04 Å². The number of nitrogens with zero attached hydrogens (tertiary/aromatic N) is 1. The molecule has 0 unspecified atom stereocenters. The largest absolute Gasteiger partial charge is 0.480 e. The minimum absolute atomic E-state index is 0. The third-order valence-electron chi connectivity index (χ3n) is 3.93. The quantitative estimate of drug-likeness (QED) is 0.685. The van der Waals surface area contributed by atoms with Crippen LogP contribution in [-0.2, 0) is 9.59 Å². The van der Waals surface area contributed by atoms with Gasteiger partial charge in [0.2, 0.25) is 5.91 Å². The second kappa shape index (κ2) is 10.2. The first-order chi connectivity index (χ1) is 10.4. The first kappa shape index (κ1) is 23.1. The van der Waals surface area contributed by atoms with Crippen LogP contribution >= 0.6 is 36.2 Å². The number of carbonyl (C=O) groups is 2. The topological polar surface area (TPSA) is 91.3 Å². The minimum Gasteiger partial charge on any atom is -0.480 e. The van der Waals surface area contributed by atoms with E-state index in [1.807, 2.05) is 5.38 Å². The summed E-state index contributed by atoms with van der Waals surface area (Å²) < 4.78 is 0. The molecule has 1 aliphatic heterocycles. The van der Waals surface area contributed by atoms with E-state index in [-0.39, 0.29) is 48.7 Å². The molecule has 1 amide bonds. The molecule has 0 radical (unpaired) electrons. The van der Waals surface area contributed by atoms with Crippen molar-refractivity contribution >= 4 is 48.0 Å². The highest BCUT2D eigenvalue weighted by atomic mass is 35.5. The van der Waals surface area contributed by atoms with Gasteiger partial charge in [0.25, 0.3) is 0 Å². The van der Waals surface area contributed by atoms with Gasteiger partial charge in [0, 0.05) is 36.5 Å². The van der Waals surface area contributed by atoms with E-state index >= 15 is 0 Å². The third-order valence-corrected chi connectivity index (χ3v) is 4.84. The summed E-state index contributed by atoms with van der Waals surface area (Å²) in [5.41, 5.74) is 0. The van der Waals surface area contributed by atoms with Crippen LogP contribution in [0, 0.1) is 5.92 Å². The van der Waals surface area contributed by atoms with Crippen molar-refractivity contribution in [2.45, 2.75) is 57.7 Å². The molecule has 0 aliphatic carbocycles. The van der Waals surface area contributed by atoms with Crippen molar-refractivity contribution in [1.29, 1.82) is 0 Å². The maximum Gasteiger partial charge on any atom is 0.320 e. The first-order valence-electron chi connectivity index (χ1n) is 7.53. The fourth-order valence-corrected chi connectivity index (χ4v) is 3.92. The first-order valence-corrected chi connectivity index (χ1v) is 8.41. The van der Waals surface area contributed by atoms with E-state index in [1.54, 1.807) is 6.20 Å². The van der Waals surface area contributed by atoms with Crippen molar-refractivity contribution < 1.29 is 14.7 Å². The Hall–Kier alpha value is -0.890. The van der Waals surface area contributed by atoms with E-state index in [4.69, 9.17) is 0 Å². The molecule has 0 saturated carbocycles. The number of halogens is 2. The van der Waals surface area contributed by atoms with Gasteiger partial charge < -0.3 is 10.4 Å². The molecule has 9 heteroatoms. The van der Waals surface area contributed by atoms with Crippen LogP contribution in [0.1, 0.15) is 44.5 Å². The molecule has 0 aromatic carbocycles. The number of carboxylic acids is 1. The van der Waals surface area contributed by atoms with Crippen molar-refractivity contribution in [2.24, 2.45) is 5.92 Å². The molecule has 1 saturated heterocycles. The van der Waals surface area contributed by atoms with Crippen LogP contribution in [0.5, 0.6) is 0 Å². The van der Waals surface area contributed by atoms with Crippen molar-refractivity contribution in [3.8, 4) is 0 Å². The predicted octanol–water partition coefficient (Wildman–Crippen LogP) is 2.44. The summed E-state index contributed by atoms with van der Waals surface area (Å²) in [6.45, 7) is 5.68. The summed E-state index contributed by atoms with van der Waals surface area (Å²) in [7, 11) is 0. The lowest BCUT2D eigenvalue weighted by atomic mass is 9.89. The van der Waals surface area contributed by atoms with Crippen molar-refractivity contribution in [1.82, 2.24) is 15.6 Å². The van der Waals surface area contributed by atoms with Gasteiger partial charge in [-0.15, -0.1) is 36.2 Å². The fourth-order valence-electron chi connectivity index (χ4n) is 3.12. The predicted molar refractivity (Wildman–Crippen MR) is 99.4 cm³/mol. The Kier molecular flexibility index (Phi) is 9.80. The standard InChI is InChI=1S/C15H23N3O3S.2ClH/c1-8(2)6-11(17-9(3)19)13-10(14-16-4-5-22-14)7-12(18-13)15(20)21;;/h4-5,8,10-13,18H,6-7H2,1-3H3,(H,17,19)(H,20,21);2*1H/t10-,11+,12-,13-;;/m1../s1. The van der Waals surface area contributed by atoms with Crippen LogP contribution in [0.15, 0.2) is 11.6 Å². The summed E-state index contributed by atoms with van der Waals surface area (Å²) in [5.74, 6) is -0.532. The lowest BCUT2D eigenvalue weighted by Crippen LogP contribution is -2.51. The Morgan fingerprint density at radius 2 is 2.12 bits per heavy atom. The number of aliphatic carboxylic acids is 1. The molecule has 1 aromatic heterocycles. The molecule has 1 aliphatic rings. The molecule has 4 atom stereocenters. The SMILES string of the molecule is CC(=O)N[C@@H](CC(C)C)[C@@H]1N[C@@H](C(=O)O)C[C@H]1c1nccs1.Cl.Cl. The lowest BCUT2D eigenvalue weighted by molar-refractivity contribution is -0.139. The van der Waals surface area contributed by atoms with Gasteiger partial charge in [-0.05, 0) is 18.8 Å².